The van der Waals surface area contributed by atoms with Crippen molar-refractivity contribution in [2.24, 2.45) is 0 Å². The number of hydrogen-bond acceptors (Lipinski definition) is 6. The maximum atomic E-state index is 12.9. The van der Waals surface area contributed by atoms with Gasteiger partial charge in [-0.2, -0.15) is 18.2 Å². The molecule has 3 aromatic rings. The summed E-state index contributed by atoms with van der Waals surface area (Å²) in [5, 5.41) is 6.45. The average Bonchev–Trinajstić information content (AvgIpc) is 3.18. The lowest BCUT2D eigenvalue weighted by Gasteiger charge is -2.20. The standard InChI is InChI=1S/C19H17BrF3N5O2/c1-11(28(2)10-16(29)25-15-7-6-14(20)9-24-15)18-26-17(27-30-18)12-4-3-5-13(8-12)19(21,22)23/h3-9,11H,10H2,1-2H3,(H,24,25,29). The van der Waals surface area contributed by atoms with Gasteiger partial charge >= 0.3 is 6.18 Å². The molecule has 1 unspecified atom stereocenters. The average molecular weight is 484 g/mol. The second-order valence-corrected chi connectivity index (χ2v) is 7.45. The summed E-state index contributed by atoms with van der Waals surface area (Å²) in [6.07, 6.45) is -2.90. The van der Waals surface area contributed by atoms with Crippen LogP contribution in [0.1, 0.15) is 24.4 Å². The Bertz CT molecular complexity index is 1020. The SMILES string of the molecule is CC(c1nc(-c2cccc(C(F)(F)F)c2)no1)N(C)CC(=O)Nc1ccc(Br)cn1. The molecule has 1 aromatic carbocycles. The summed E-state index contributed by atoms with van der Waals surface area (Å²) in [6.45, 7) is 1.76. The summed E-state index contributed by atoms with van der Waals surface area (Å²) in [5.41, 5.74) is -0.608. The van der Waals surface area contributed by atoms with Crippen LogP contribution >= 0.6 is 15.9 Å². The fraction of sp³-hybridized carbons (Fsp3) is 0.263. The molecule has 11 heteroatoms. The molecule has 0 radical (unpaired) electrons. The molecule has 2 heterocycles. The molecule has 1 atom stereocenters. The molecule has 158 valence electrons. The first-order valence-electron chi connectivity index (χ1n) is 8.76. The van der Waals surface area contributed by atoms with Crippen LogP contribution in [0.25, 0.3) is 11.4 Å². The number of aromatic nitrogens is 3. The van der Waals surface area contributed by atoms with Crippen LogP contribution in [0.2, 0.25) is 0 Å². The van der Waals surface area contributed by atoms with Crippen molar-refractivity contribution >= 4 is 27.7 Å². The largest absolute Gasteiger partial charge is 0.416 e. The first-order chi connectivity index (χ1) is 14.1. The lowest BCUT2D eigenvalue weighted by atomic mass is 10.1. The van der Waals surface area contributed by atoms with E-state index in [-0.39, 0.29) is 29.7 Å². The normalized spacial score (nSPS) is 12.8. The molecule has 30 heavy (non-hydrogen) atoms. The van der Waals surface area contributed by atoms with Crippen LogP contribution in [0.3, 0.4) is 0 Å². The molecular weight excluding hydrogens is 467 g/mol. The predicted molar refractivity (Wildman–Crippen MR) is 106 cm³/mol. The Morgan fingerprint density at radius 3 is 2.73 bits per heavy atom. The van der Waals surface area contributed by atoms with E-state index in [1.165, 1.54) is 12.1 Å². The molecular formula is C19H17BrF3N5O2. The van der Waals surface area contributed by atoms with E-state index in [1.54, 1.807) is 37.2 Å². The van der Waals surface area contributed by atoms with E-state index in [9.17, 15) is 18.0 Å². The highest BCUT2D eigenvalue weighted by Gasteiger charge is 2.31. The van der Waals surface area contributed by atoms with E-state index in [4.69, 9.17) is 4.52 Å². The lowest BCUT2D eigenvalue weighted by Crippen LogP contribution is -2.32. The minimum absolute atomic E-state index is 0.0141. The highest BCUT2D eigenvalue weighted by atomic mass is 79.9. The first-order valence-corrected chi connectivity index (χ1v) is 9.55. The van der Waals surface area contributed by atoms with Crippen molar-refractivity contribution in [3.8, 4) is 11.4 Å². The number of anilines is 1. The number of nitrogens with zero attached hydrogens (tertiary/aromatic N) is 4. The van der Waals surface area contributed by atoms with Gasteiger partial charge in [0, 0.05) is 16.2 Å². The summed E-state index contributed by atoms with van der Waals surface area (Å²) in [4.78, 5) is 22.1. The van der Waals surface area contributed by atoms with Crippen molar-refractivity contribution in [2.45, 2.75) is 19.1 Å². The van der Waals surface area contributed by atoms with Gasteiger partial charge in [-0.25, -0.2) is 4.98 Å². The molecule has 0 bridgehead atoms. The summed E-state index contributed by atoms with van der Waals surface area (Å²) in [5.74, 6) is 0.338. The zero-order valence-electron chi connectivity index (χ0n) is 15.9. The van der Waals surface area contributed by atoms with E-state index < -0.39 is 17.8 Å². The zero-order valence-corrected chi connectivity index (χ0v) is 17.5. The van der Waals surface area contributed by atoms with E-state index in [0.717, 1.165) is 16.6 Å². The Labute approximate surface area is 178 Å². The number of rotatable bonds is 6. The molecule has 2 aromatic heterocycles. The molecule has 0 spiro atoms. The molecule has 0 saturated carbocycles. The van der Waals surface area contributed by atoms with Crippen LogP contribution in [0.5, 0.6) is 0 Å². The summed E-state index contributed by atoms with van der Waals surface area (Å²) in [7, 11) is 1.69. The van der Waals surface area contributed by atoms with E-state index in [1.807, 2.05) is 0 Å². The van der Waals surface area contributed by atoms with Gasteiger partial charge in [-0.15, -0.1) is 0 Å². The second-order valence-electron chi connectivity index (χ2n) is 6.54. The number of carbonyl (C=O) groups excluding carboxylic acids is 1. The minimum atomic E-state index is -4.47. The van der Waals surface area contributed by atoms with Gasteiger partial charge in [-0.1, -0.05) is 17.3 Å². The van der Waals surface area contributed by atoms with Gasteiger partial charge in [-0.3, -0.25) is 9.69 Å². The quantitative estimate of drug-likeness (QED) is 0.553. The van der Waals surface area contributed by atoms with Crippen LogP contribution in [-0.4, -0.2) is 39.5 Å². The third kappa shape index (κ3) is 5.42. The number of alkyl halides is 3. The van der Waals surface area contributed by atoms with E-state index in [2.05, 4.69) is 36.4 Å². The number of pyridine rings is 1. The molecule has 7 nitrogen and oxygen atoms in total. The molecule has 0 aliphatic heterocycles. The third-order valence-electron chi connectivity index (χ3n) is 4.30. The molecule has 0 saturated heterocycles. The first kappa shape index (κ1) is 21.9. The predicted octanol–water partition coefficient (Wildman–Crippen LogP) is 4.54. The number of halogens is 4. The number of benzene rings is 1. The maximum absolute atomic E-state index is 12.9. The van der Waals surface area contributed by atoms with Crippen molar-refractivity contribution in [2.75, 3.05) is 18.9 Å². The Kier molecular flexibility index (Phi) is 6.52. The fourth-order valence-electron chi connectivity index (χ4n) is 2.54. The Hall–Kier alpha value is -2.79. The Balaban J connectivity index is 1.66. The van der Waals surface area contributed by atoms with Gasteiger partial charge in [0.25, 0.3) is 0 Å². The smallest absolute Gasteiger partial charge is 0.337 e. The topological polar surface area (TPSA) is 84.2 Å². The molecule has 0 fully saturated rings. The zero-order chi connectivity index (χ0) is 21.9. The molecule has 0 aliphatic rings. The monoisotopic (exact) mass is 483 g/mol. The van der Waals surface area contributed by atoms with Crippen LogP contribution in [0, 0.1) is 0 Å². The van der Waals surface area contributed by atoms with Crippen LogP contribution in [0.15, 0.2) is 51.6 Å². The highest BCUT2D eigenvalue weighted by molar-refractivity contribution is 9.10. The van der Waals surface area contributed by atoms with Crippen LogP contribution < -0.4 is 5.32 Å². The van der Waals surface area contributed by atoms with Gasteiger partial charge in [0.2, 0.25) is 17.6 Å². The number of likely N-dealkylation sites (N-methyl/N-ethyl adjacent to an activating group) is 1. The van der Waals surface area contributed by atoms with Gasteiger partial charge < -0.3 is 9.84 Å². The van der Waals surface area contributed by atoms with Crippen LogP contribution in [0.4, 0.5) is 19.0 Å². The Morgan fingerprint density at radius 1 is 1.30 bits per heavy atom. The van der Waals surface area contributed by atoms with Gasteiger partial charge in [-0.05, 0) is 54.2 Å². The van der Waals surface area contributed by atoms with Gasteiger partial charge in [0.1, 0.15) is 5.82 Å². The molecule has 1 N–H and O–H groups in total. The fourth-order valence-corrected chi connectivity index (χ4v) is 2.78. The molecule has 0 aliphatic carbocycles. The van der Waals surface area contributed by atoms with E-state index in [0.29, 0.717) is 5.82 Å². The molecule has 3 rings (SSSR count). The van der Waals surface area contributed by atoms with Crippen molar-refractivity contribution < 1.29 is 22.5 Å². The second kappa shape index (κ2) is 8.92. The maximum Gasteiger partial charge on any atom is 0.416 e. The van der Waals surface area contributed by atoms with Crippen LogP contribution in [-0.2, 0) is 11.0 Å². The summed E-state index contributed by atoms with van der Waals surface area (Å²) >= 11 is 3.27. The van der Waals surface area contributed by atoms with E-state index >= 15 is 0 Å². The summed E-state index contributed by atoms with van der Waals surface area (Å²) < 4.78 is 44.7. The number of nitrogens with one attached hydrogen (secondary N) is 1. The van der Waals surface area contributed by atoms with Crippen molar-refractivity contribution in [3.05, 3.63) is 58.5 Å². The van der Waals surface area contributed by atoms with Gasteiger partial charge in [0.05, 0.1) is 18.2 Å². The Morgan fingerprint density at radius 2 is 2.07 bits per heavy atom. The lowest BCUT2D eigenvalue weighted by molar-refractivity contribution is -0.137. The third-order valence-corrected chi connectivity index (χ3v) is 4.77. The number of carbonyl (C=O) groups is 1. The number of amides is 1. The van der Waals surface area contributed by atoms with Crippen molar-refractivity contribution in [3.63, 3.8) is 0 Å². The minimum Gasteiger partial charge on any atom is -0.337 e. The molecule has 1 amide bonds. The number of hydrogen-bond donors (Lipinski definition) is 1. The summed E-state index contributed by atoms with van der Waals surface area (Å²) in [6, 6.07) is 7.65. The van der Waals surface area contributed by atoms with Gasteiger partial charge in [0.15, 0.2) is 0 Å². The van der Waals surface area contributed by atoms with Crippen molar-refractivity contribution in [1.82, 2.24) is 20.0 Å². The van der Waals surface area contributed by atoms with Crippen molar-refractivity contribution in [1.29, 1.82) is 0 Å². The highest BCUT2D eigenvalue weighted by Crippen LogP contribution is 2.31.